The number of hydrogen-bond donors (Lipinski definition) is 1. The van der Waals surface area contributed by atoms with Gasteiger partial charge in [-0.15, -0.1) is 0 Å². The van der Waals surface area contributed by atoms with Crippen LogP contribution in [0.4, 0.5) is 0 Å². The molecule has 0 aliphatic heterocycles. The molecule has 0 amide bonds. The minimum atomic E-state index is 0.607. The van der Waals surface area contributed by atoms with Crippen molar-refractivity contribution in [3.63, 3.8) is 0 Å². The fourth-order valence-electron chi connectivity index (χ4n) is 2.12. The zero-order valence-corrected chi connectivity index (χ0v) is 10.1. The van der Waals surface area contributed by atoms with Crippen molar-refractivity contribution in [1.29, 1.82) is 0 Å². The van der Waals surface area contributed by atoms with Gasteiger partial charge in [0, 0.05) is 12.5 Å². The number of furan rings is 1. The van der Waals surface area contributed by atoms with E-state index in [1.165, 1.54) is 12.8 Å². The van der Waals surface area contributed by atoms with Crippen molar-refractivity contribution in [2.75, 3.05) is 7.05 Å². The summed E-state index contributed by atoms with van der Waals surface area (Å²) < 4.78 is 5.34. The van der Waals surface area contributed by atoms with Crippen LogP contribution in [0.3, 0.4) is 0 Å². The fourth-order valence-corrected chi connectivity index (χ4v) is 2.12. The predicted octanol–water partition coefficient (Wildman–Crippen LogP) is 3.24. The van der Waals surface area contributed by atoms with Crippen molar-refractivity contribution < 1.29 is 4.42 Å². The zero-order chi connectivity index (χ0) is 11.1. The van der Waals surface area contributed by atoms with Crippen LogP contribution in [0.2, 0.25) is 0 Å². The molecule has 0 radical (unpaired) electrons. The van der Waals surface area contributed by atoms with E-state index >= 15 is 0 Å². The maximum atomic E-state index is 5.34. The van der Waals surface area contributed by atoms with E-state index in [1.54, 1.807) is 6.26 Å². The van der Waals surface area contributed by atoms with E-state index in [2.05, 4.69) is 32.3 Å². The highest BCUT2D eigenvalue weighted by Crippen LogP contribution is 2.15. The summed E-state index contributed by atoms with van der Waals surface area (Å²) in [5.74, 6) is 1.84. The second kappa shape index (κ2) is 6.67. The van der Waals surface area contributed by atoms with Crippen LogP contribution in [-0.2, 0) is 6.42 Å². The number of hydrogen-bond acceptors (Lipinski definition) is 2. The molecule has 0 bridgehead atoms. The van der Waals surface area contributed by atoms with Crippen LogP contribution in [0.25, 0.3) is 0 Å². The molecule has 0 aliphatic rings. The molecule has 15 heavy (non-hydrogen) atoms. The van der Waals surface area contributed by atoms with Gasteiger partial charge in [0.15, 0.2) is 0 Å². The third kappa shape index (κ3) is 4.08. The zero-order valence-electron chi connectivity index (χ0n) is 10.1. The first-order valence-corrected chi connectivity index (χ1v) is 5.97. The molecule has 0 aromatic carbocycles. The summed E-state index contributed by atoms with van der Waals surface area (Å²) in [6, 6.07) is 4.62. The number of nitrogens with one attached hydrogen (secondary N) is 1. The third-order valence-electron chi connectivity index (χ3n) is 3.08. The first-order valence-electron chi connectivity index (χ1n) is 5.97. The second-order valence-electron chi connectivity index (χ2n) is 4.28. The average molecular weight is 209 g/mol. The van der Waals surface area contributed by atoms with Crippen molar-refractivity contribution in [3.8, 4) is 0 Å². The molecular formula is C13H23NO. The lowest BCUT2D eigenvalue weighted by Gasteiger charge is -2.22. The van der Waals surface area contributed by atoms with Gasteiger partial charge in [-0.2, -0.15) is 0 Å². The Labute approximate surface area is 93.1 Å². The largest absolute Gasteiger partial charge is 0.469 e. The van der Waals surface area contributed by atoms with Gasteiger partial charge in [0.05, 0.1) is 6.26 Å². The SMILES string of the molecule is CCCC(C)C(CCc1ccco1)NC. The molecule has 1 N–H and O–H groups in total. The van der Waals surface area contributed by atoms with Crippen LogP contribution in [-0.4, -0.2) is 13.1 Å². The molecule has 2 heteroatoms. The predicted molar refractivity (Wildman–Crippen MR) is 63.9 cm³/mol. The maximum Gasteiger partial charge on any atom is 0.103 e. The molecule has 0 saturated carbocycles. The first-order chi connectivity index (χ1) is 7.27. The standard InChI is InChI=1S/C13H23NO/c1-4-6-11(2)13(14-3)9-8-12-7-5-10-15-12/h5,7,10-11,13-14H,4,6,8-9H2,1-3H3. The Morgan fingerprint density at radius 2 is 2.20 bits per heavy atom. The molecular weight excluding hydrogens is 186 g/mol. The topological polar surface area (TPSA) is 25.2 Å². The van der Waals surface area contributed by atoms with Crippen LogP contribution in [0.1, 0.15) is 38.9 Å². The fraction of sp³-hybridized carbons (Fsp3) is 0.692. The minimum absolute atomic E-state index is 0.607. The van der Waals surface area contributed by atoms with Gasteiger partial charge in [-0.3, -0.25) is 0 Å². The Bertz CT molecular complexity index is 243. The van der Waals surface area contributed by atoms with E-state index in [0.717, 1.165) is 24.5 Å². The molecule has 0 saturated heterocycles. The summed E-state index contributed by atoms with van der Waals surface area (Å²) in [4.78, 5) is 0. The smallest absolute Gasteiger partial charge is 0.103 e. The number of aryl methyl sites for hydroxylation is 1. The Balaban J connectivity index is 2.33. The van der Waals surface area contributed by atoms with E-state index in [-0.39, 0.29) is 0 Å². The van der Waals surface area contributed by atoms with E-state index < -0.39 is 0 Å². The van der Waals surface area contributed by atoms with E-state index in [0.29, 0.717) is 6.04 Å². The molecule has 0 fully saturated rings. The lowest BCUT2D eigenvalue weighted by atomic mass is 9.93. The summed E-state index contributed by atoms with van der Waals surface area (Å²) in [5, 5.41) is 3.41. The summed E-state index contributed by atoms with van der Waals surface area (Å²) in [6.45, 7) is 4.57. The van der Waals surface area contributed by atoms with Gasteiger partial charge in [-0.05, 0) is 37.9 Å². The molecule has 86 valence electrons. The van der Waals surface area contributed by atoms with Crippen molar-refractivity contribution in [1.82, 2.24) is 5.32 Å². The maximum absolute atomic E-state index is 5.34. The third-order valence-corrected chi connectivity index (χ3v) is 3.08. The lowest BCUT2D eigenvalue weighted by molar-refractivity contribution is 0.346. The summed E-state index contributed by atoms with van der Waals surface area (Å²) >= 11 is 0. The van der Waals surface area contributed by atoms with Gasteiger partial charge < -0.3 is 9.73 Å². The van der Waals surface area contributed by atoms with Crippen LogP contribution >= 0.6 is 0 Å². The molecule has 0 aliphatic carbocycles. The molecule has 2 atom stereocenters. The molecule has 2 unspecified atom stereocenters. The molecule has 1 heterocycles. The molecule has 1 aromatic rings. The highest BCUT2D eigenvalue weighted by molar-refractivity contribution is 4.98. The average Bonchev–Trinajstić information content (AvgIpc) is 2.72. The van der Waals surface area contributed by atoms with Crippen molar-refractivity contribution in [2.45, 2.75) is 45.6 Å². The summed E-state index contributed by atoms with van der Waals surface area (Å²) in [5.41, 5.74) is 0. The summed E-state index contributed by atoms with van der Waals surface area (Å²) in [7, 11) is 2.05. The van der Waals surface area contributed by atoms with E-state index in [4.69, 9.17) is 4.42 Å². The van der Waals surface area contributed by atoms with Crippen molar-refractivity contribution in [2.24, 2.45) is 5.92 Å². The van der Waals surface area contributed by atoms with Gasteiger partial charge >= 0.3 is 0 Å². The van der Waals surface area contributed by atoms with E-state index in [1.807, 2.05) is 6.07 Å². The van der Waals surface area contributed by atoms with Crippen LogP contribution in [0.15, 0.2) is 22.8 Å². The molecule has 1 rings (SSSR count). The molecule has 0 spiro atoms. The minimum Gasteiger partial charge on any atom is -0.469 e. The number of rotatable bonds is 7. The molecule has 1 aromatic heterocycles. The Morgan fingerprint density at radius 3 is 2.73 bits per heavy atom. The van der Waals surface area contributed by atoms with Crippen LogP contribution in [0.5, 0.6) is 0 Å². The normalized spacial score (nSPS) is 15.1. The van der Waals surface area contributed by atoms with Crippen molar-refractivity contribution in [3.05, 3.63) is 24.2 Å². The second-order valence-corrected chi connectivity index (χ2v) is 4.28. The first kappa shape index (κ1) is 12.3. The molecule has 2 nitrogen and oxygen atoms in total. The Morgan fingerprint density at radius 1 is 1.40 bits per heavy atom. The van der Waals surface area contributed by atoms with Crippen LogP contribution in [0, 0.1) is 5.92 Å². The quantitative estimate of drug-likeness (QED) is 0.745. The highest BCUT2D eigenvalue weighted by atomic mass is 16.3. The summed E-state index contributed by atoms with van der Waals surface area (Å²) in [6.07, 6.45) is 6.50. The Kier molecular flexibility index (Phi) is 5.48. The van der Waals surface area contributed by atoms with Gasteiger partial charge in [-0.25, -0.2) is 0 Å². The van der Waals surface area contributed by atoms with Gasteiger partial charge in [0.1, 0.15) is 5.76 Å². The monoisotopic (exact) mass is 209 g/mol. The van der Waals surface area contributed by atoms with Gasteiger partial charge in [0.25, 0.3) is 0 Å². The van der Waals surface area contributed by atoms with Gasteiger partial charge in [0.2, 0.25) is 0 Å². The van der Waals surface area contributed by atoms with Crippen molar-refractivity contribution >= 4 is 0 Å². The highest BCUT2D eigenvalue weighted by Gasteiger charge is 2.14. The lowest BCUT2D eigenvalue weighted by Crippen LogP contribution is -2.32. The van der Waals surface area contributed by atoms with Gasteiger partial charge in [-0.1, -0.05) is 20.3 Å². The Hall–Kier alpha value is -0.760. The van der Waals surface area contributed by atoms with Crippen LogP contribution < -0.4 is 5.32 Å². The van der Waals surface area contributed by atoms with E-state index in [9.17, 15) is 0 Å².